The molecule has 6 heteroatoms. The van der Waals surface area contributed by atoms with Crippen LogP contribution in [0.3, 0.4) is 0 Å². The standard InChI is InChI=1S/C23H24N4O2/c1-3-17(13-16-9-5-4-6-10-16)25-21(28)15-27-23(29)22-19(14-24-27)18-11-7-8-12-20(18)26(22)2/h4-12,14,17H,3,13,15H2,1-2H3,(H,25,28)/t17-/m0/s1. The highest BCUT2D eigenvalue weighted by molar-refractivity contribution is 6.07. The van der Waals surface area contributed by atoms with E-state index in [4.69, 9.17) is 0 Å². The number of fused-ring (bicyclic) bond motifs is 3. The van der Waals surface area contributed by atoms with Crippen molar-refractivity contribution in [2.24, 2.45) is 7.05 Å². The van der Waals surface area contributed by atoms with Gasteiger partial charge in [-0.15, -0.1) is 0 Å². The van der Waals surface area contributed by atoms with E-state index in [1.54, 1.807) is 6.20 Å². The Morgan fingerprint density at radius 2 is 1.79 bits per heavy atom. The number of hydrogen-bond acceptors (Lipinski definition) is 3. The SMILES string of the molecule is CC[C@@H](Cc1ccccc1)NC(=O)Cn1ncc2c3ccccc3n(C)c2c1=O. The molecular formula is C23H24N4O2. The fourth-order valence-corrected chi connectivity index (χ4v) is 3.83. The van der Waals surface area contributed by atoms with Crippen molar-refractivity contribution in [2.75, 3.05) is 0 Å². The molecule has 4 aromatic rings. The van der Waals surface area contributed by atoms with Gasteiger partial charge in [0.05, 0.1) is 6.20 Å². The molecular weight excluding hydrogens is 364 g/mol. The summed E-state index contributed by atoms with van der Waals surface area (Å²) in [6.45, 7) is 1.95. The molecule has 1 atom stereocenters. The van der Waals surface area contributed by atoms with E-state index in [1.165, 1.54) is 10.2 Å². The summed E-state index contributed by atoms with van der Waals surface area (Å²) in [6.07, 6.45) is 3.24. The summed E-state index contributed by atoms with van der Waals surface area (Å²) >= 11 is 0. The van der Waals surface area contributed by atoms with Gasteiger partial charge in [-0.05, 0) is 24.5 Å². The predicted molar refractivity (Wildman–Crippen MR) is 115 cm³/mol. The van der Waals surface area contributed by atoms with Gasteiger partial charge in [0.2, 0.25) is 5.91 Å². The smallest absolute Gasteiger partial charge is 0.291 e. The van der Waals surface area contributed by atoms with Crippen molar-refractivity contribution in [1.29, 1.82) is 0 Å². The van der Waals surface area contributed by atoms with Gasteiger partial charge in [0.25, 0.3) is 5.56 Å². The molecule has 0 spiro atoms. The summed E-state index contributed by atoms with van der Waals surface area (Å²) < 4.78 is 3.11. The highest BCUT2D eigenvalue weighted by Crippen LogP contribution is 2.24. The van der Waals surface area contributed by atoms with Crippen LogP contribution >= 0.6 is 0 Å². The Bertz CT molecular complexity index is 1220. The number of nitrogens with one attached hydrogen (secondary N) is 1. The van der Waals surface area contributed by atoms with Gasteiger partial charge in [-0.1, -0.05) is 55.5 Å². The number of rotatable bonds is 6. The third kappa shape index (κ3) is 3.66. The van der Waals surface area contributed by atoms with Crippen LogP contribution in [0, 0.1) is 0 Å². The fourth-order valence-electron chi connectivity index (χ4n) is 3.83. The lowest BCUT2D eigenvalue weighted by atomic mass is 10.0. The molecule has 0 aliphatic heterocycles. The maximum absolute atomic E-state index is 13.0. The van der Waals surface area contributed by atoms with Crippen LogP contribution in [0.5, 0.6) is 0 Å². The number of nitrogens with zero attached hydrogens (tertiary/aromatic N) is 3. The molecule has 0 aliphatic rings. The third-order valence-corrected chi connectivity index (χ3v) is 5.39. The van der Waals surface area contributed by atoms with Crippen molar-refractivity contribution in [3.05, 3.63) is 76.7 Å². The zero-order valence-corrected chi connectivity index (χ0v) is 16.6. The van der Waals surface area contributed by atoms with Crippen molar-refractivity contribution in [1.82, 2.24) is 19.7 Å². The molecule has 0 bridgehead atoms. The quantitative estimate of drug-likeness (QED) is 0.552. The minimum absolute atomic E-state index is 0.0157. The van der Waals surface area contributed by atoms with Gasteiger partial charge >= 0.3 is 0 Å². The van der Waals surface area contributed by atoms with Gasteiger partial charge in [0.15, 0.2) is 0 Å². The van der Waals surface area contributed by atoms with Gasteiger partial charge in [0.1, 0.15) is 12.1 Å². The van der Waals surface area contributed by atoms with Crippen LogP contribution in [-0.2, 0) is 24.8 Å². The van der Waals surface area contributed by atoms with Crippen molar-refractivity contribution in [3.63, 3.8) is 0 Å². The van der Waals surface area contributed by atoms with Crippen LogP contribution in [0.15, 0.2) is 65.6 Å². The second-order valence-corrected chi connectivity index (χ2v) is 7.31. The average Bonchev–Trinajstić information content (AvgIpc) is 3.03. The number of aromatic nitrogens is 3. The average molecular weight is 388 g/mol. The van der Waals surface area contributed by atoms with E-state index >= 15 is 0 Å². The van der Waals surface area contributed by atoms with Gasteiger partial charge in [-0.3, -0.25) is 9.59 Å². The first kappa shape index (κ1) is 18.9. The molecule has 1 amide bonds. The number of hydrogen-bond donors (Lipinski definition) is 1. The van der Waals surface area contributed by atoms with Crippen molar-refractivity contribution in [3.8, 4) is 0 Å². The summed E-state index contributed by atoms with van der Waals surface area (Å²) in [5.74, 6) is -0.208. The van der Waals surface area contributed by atoms with E-state index in [2.05, 4.69) is 22.5 Å². The molecule has 6 nitrogen and oxygen atoms in total. The zero-order valence-electron chi connectivity index (χ0n) is 16.6. The number of benzene rings is 2. The first-order valence-electron chi connectivity index (χ1n) is 9.85. The second-order valence-electron chi connectivity index (χ2n) is 7.31. The minimum atomic E-state index is -0.257. The third-order valence-electron chi connectivity index (χ3n) is 5.39. The van der Waals surface area contributed by atoms with Gasteiger partial charge in [0, 0.05) is 29.4 Å². The summed E-state index contributed by atoms with van der Waals surface area (Å²) in [5.41, 5.74) is 2.45. The van der Waals surface area contributed by atoms with E-state index in [0.29, 0.717) is 5.52 Å². The fraction of sp³-hybridized carbons (Fsp3) is 0.261. The van der Waals surface area contributed by atoms with Gasteiger partial charge in [-0.2, -0.15) is 5.10 Å². The lowest BCUT2D eigenvalue weighted by molar-refractivity contribution is -0.122. The Morgan fingerprint density at radius 1 is 1.07 bits per heavy atom. The maximum Gasteiger partial charge on any atom is 0.291 e. The molecule has 4 rings (SSSR count). The van der Waals surface area contributed by atoms with Crippen molar-refractivity contribution in [2.45, 2.75) is 32.4 Å². The normalized spacial score (nSPS) is 12.3. The molecule has 2 aromatic carbocycles. The van der Waals surface area contributed by atoms with Crippen LogP contribution in [0.1, 0.15) is 18.9 Å². The van der Waals surface area contributed by atoms with Crippen LogP contribution < -0.4 is 10.9 Å². The lowest BCUT2D eigenvalue weighted by Gasteiger charge is -2.17. The van der Waals surface area contributed by atoms with E-state index in [1.807, 2.05) is 61.0 Å². The van der Waals surface area contributed by atoms with Crippen LogP contribution in [0.25, 0.3) is 21.8 Å². The van der Waals surface area contributed by atoms with E-state index < -0.39 is 0 Å². The van der Waals surface area contributed by atoms with Crippen molar-refractivity contribution < 1.29 is 4.79 Å². The Labute approximate surface area is 168 Å². The lowest BCUT2D eigenvalue weighted by Crippen LogP contribution is -2.40. The summed E-state index contributed by atoms with van der Waals surface area (Å²) in [4.78, 5) is 25.6. The molecule has 1 N–H and O–H groups in total. The molecule has 2 aromatic heterocycles. The van der Waals surface area contributed by atoms with E-state index in [0.717, 1.165) is 29.1 Å². The monoisotopic (exact) mass is 388 g/mol. The molecule has 0 unspecified atom stereocenters. The molecule has 0 saturated carbocycles. The summed E-state index contributed by atoms with van der Waals surface area (Å²) in [5, 5.41) is 9.08. The first-order valence-corrected chi connectivity index (χ1v) is 9.85. The Morgan fingerprint density at radius 3 is 2.55 bits per heavy atom. The van der Waals surface area contributed by atoms with Crippen LogP contribution in [0.2, 0.25) is 0 Å². The summed E-state index contributed by atoms with van der Waals surface area (Å²) in [6, 6.07) is 17.9. The number of para-hydroxylation sites is 1. The number of amides is 1. The second kappa shape index (κ2) is 7.91. The Balaban J connectivity index is 1.56. The molecule has 2 heterocycles. The molecule has 29 heavy (non-hydrogen) atoms. The van der Waals surface area contributed by atoms with Crippen LogP contribution in [0.4, 0.5) is 0 Å². The molecule has 0 saturated heterocycles. The summed E-state index contributed by atoms with van der Waals surface area (Å²) in [7, 11) is 1.86. The maximum atomic E-state index is 13.0. The molecule has 0 aliphatic carbocycles. The highest BCUT2D eigenvalue weighted by Gasteiger charge is 2.16. The molecule has 0 fully saturated rings. The zero-order chi connectivity index (χ0) is 20.4. The Hall–Kier alpha value is -3.41. The van der Waals surface area contributed by atoms with E-state index in [9.17, 15) is 9.59 Å². The highest BCUT2D eigenvalue weighted by atomic mass is 16.2. The first-order chi connectivity index (χ1) is 14.1. The van der Waals surface area contributed by atoms with Crippen molar-refractivity contribution >= 4 is 27.7 Å². The largest absolute Gasteiger partial charge is 0.351 e. The van der Waals surface area contributed by atoms with E-state index in [-0.39, 0.29) is 24.1 Å². The molecule has 0 radical (unpaired) electrons. The van der Waals surface area contributed by atoms with Gasteiger partial charge < -0.3 is 9.88 Å². The predicted octanol–water partition coefficient (Wildman–Crippen LogP) is 3.03. The minimum Gasteiger partial charge on any atom is -0.351 e. The number of carbonyl (C=O) groups is 1. The Kier molecular flexibility index (Phi) is 5.16. The molecule has 148 valence electrons. The van der Waals surface area contributed by atoms with Gasteiger partial charge in [-0.25, -0.2) is 4.68 Å². The topological polar surface area (TPSA) is 68.9 Å². The van der Waals surface area contributed by atoms with Crippen LogP contribution in [-0.4, -0.2) is 26.3 Å². The number of aryl methyl sites for hydroxylation is 1. The number of carbonyl (C=O) groups excluding carboxylic acids is 1.